The Labute approximate surface area is 158 Å². The van der Waals surface area contributed by atoms with Crippen LogP contribution in [0.1, 0.15) is 38.2 Å². The highest BCUT2D eigenvalue weighted by Crippen LogP contribution is 2.21. The molecule has 0 bridgehead atoms. The first kappa shape index (κ1) is 21.7. The number of aryl methyl sites for hydroxylation is 1. The molecule has 5 nitrogen and oxygen atoms in total. The molecule has 9 heteroatoms. The van der Waals surface area contributed by atoms with Crippen molar-refractivity contribution < 1.29 is 26.4 Å². The molecule has 1 aliphatic rings. The number of alkyl halides is 3. The smallest absolute Gasteiger partial charge is 0.334 e. The second-order valence-corrected chi connectivity index (χ2v) is 8.57. The second kappa shape index (κ2) is 9.05. The standard InChI is InChI=1S/C18H25F3N2O3S/c1-2-22(14-18(19,20)21)17(24)11-8-15-6-9-16(10-7-15)27(25,26)23-12-4-3-5-13-23/h6-7,9-10H,2-5,8,11-14H2,1H3. The number of halogens is 3. The van der Waals surface area contributed by atoms with Crippen molar-refractivity contribution in [2.45, 2.75) is 50.1 Å². The summed E-state index contributed by atoms with van der Waals surface area (Å²) in [5, 5.41) is 0. The van der Waals surface area contributed by atoms with Crippen LogP contribution in [0.2, 0.25) is 0 Å². The molecule has 1 heterocycles. The molecule has 152 valence electrons. The van der Waals surface area contributed by atoms with Crippen LogP contribution in [-0.2, 0) is 21.2 Å². The van der Waals surface area contributed by atoms with Crippen molar-refractivity contribution in [2.75, 3.05) is 26.2 Å². The Morgan fingerprint density at radius 1 is 1.11 bits per heavy atom. The molecule has 0 aliphatic carbocycles. The van der Waals surface area contributed by atoms with Gasteiger partial charge >= 0.3 is 6.18 Å². The quantitative estimate of drug-likeness (QED) is 0.699. The summed E-state index contributed by atoms with van der Waals surface area (Å²) in [7, 11) is -3.51. The molecule has 0 radical (unpaired) electrons. The van der Waals surface area contributed by atoms with Crippen LogP contribution in [0.15, 0.2) is 29.2 Å². The lowest BCUT2D eigenvalue weighted by molar-refractivity contribution is -0.160. The summed E-state index contributed by atoms with van der Waals surface area (Å²) in [6, 6.07) is 6.22. The number of sulfonamides is 1. The van der Waals surface area contributed by atoms with E-state index >= 15 is 0 Å². The third kappa shape index (κ3) is 6.21. The zero-order valence-electron chi connectivity index (χ0n) is 15.3. The molecule has 2 rings (SSSR count). The highest BCUT2D eigenvalue weighted by molar-refractivity contribution is 7.89. The van der Waals surface area contributed by atoms with Crippen molar-refractivity contribution in [1.82, 2.24) is 9.21 Å². The highest BCUT2D eigenvalue weighted by atomic mass is 32.2. The molecule has 0 spiro atoms. The lowest BCUT2D eigenvalue weighted by atomic mass is 10.1. The Morgan fingerprint density at radius 3 is 2.22 bits per heavy atom. The van der Waals surface area contributed by atoms with E-state index in [9.17, 15) is 26.4 Å². The molecule has 0 atom stereocenters. The lowest BCUT2D eigenvalue weighted by Crippen LogP contribution is -2.38. The topological polar surface area (TPSA) is 57.7 Å². The Morgan fingerprint density at radius 2 is 1.70 bits per heavy atom. The zero-order chi connectivity index (χ0) is 20.1. The van der Waals surface area contributed by atoms with Crippen molar-refractivity contribution in [2.24, 2.45) is 0 Å². The average molecular weight is 406 g/mol. The van der Waals surface area contributed by atoms with Crippen LogP contribution in [0.25, 0.3) is 0 Å². The van der Waals surface area contributed by atoms with Gasteiger partial charge in [0.05, 0.1) is 4.90 Å². The van der Waals surface area contributed by atoms with E-state index in [1.807, 2.05) is 0 Å². The van der Waals surface area contributed by atoms with E-state index in [1.165, 1.54) is 23.4 Å². The lowest BCUT2D eigenvalue weighted by Gasteiger charge is -2.26. The molecular formula is C18H25F3N2O3S. The second-order valence-electron chi connectivity index (χ2n) is 6.63. The largest absolute Gasteiger partial charge is 0.406 e. The van der Waals surface area contributed by atoms with Gasteiger partial charge in [-0.05, 0) is 43.9 Å². The Bertz CT molecular complexity index is 727. The number of carbonyl (C=O) groups is 1. The first-order valence-corrected chi connectivity index (χ1v) is 10.5. The van der Waals surface area contributed by atoms with Gasteiger partial charge in [0, 0.05) is 26.1 Å². The van der Waals surface area contributed by atoms with Gasteiger partial charge in [0.25, 0.3) is 0 Å². The molecule has 0 unspecified atom stereocenters. The average Bonchev–Trinajstić information content (AvgIpc) is 2.64. The molecule has 1 saturated heterocycles. The number of hydrogen-bond donors (Lipinski definition) is 0. The molecule has 27 heavy (non-hydrogen) atoms. The number of carbonyl (C=O) groups excluding carboxylic acids is 1. The number of rotatable bonds is 7. The maximum absolute atomic E-state index is 12.6. The maximum atomic E-state index is 12.6. The number of piperidine rings is 1. The normalized spacial score (nSPS) is 16.3. The van der Waals surface area contributed by atoms with E-state index in [4.69, 9.17) is 0 Å². The monoisotopic (exact) mass is 406 g/mol. The molecule has 1 aromatic rings. The van der Waals surface area contributed by atoms with Crippen molar-refractivity contribution >= 4 is 15.9 Å². The maximum Gasteiger partial charge on any atom is 0.406 e. The van der Waals surface area contributed by atoms with Crippen molar-refractivity contribution in [3.05, 3.63) is 29.8 Å². The van der Waals surface area contributed by atoms with Crippen molar-refractivity contribution in [1.29, 1.82) is 0 Å². The summed E-state index contributed by atoms with van der Waals surface area (Å²) in [5.41, 5.74) is 0.712. The number of benzene rings is 1. The Kier molecular flexibility index (Phi) is 7.27. The Balaban J connectivity index is 1.96. The number of hydrogen-bond acceptors (Lipinski definition) is 3. The fourth-order valence-electron chi connectivity index (χ4n) is 3.08. The summed E-state index contributed by atoms with van der Waals surface area (Å²) < 4.78 is 64.1. The first-order chi connectivity index (χ1) is 12.6. The zero-order valence-corrected chi connectivity index (χ0v) is 16.2. The van der Waals surface area contributed by atoms with Gasteiger partial charge in [-0.15, -0.1) is 0 Å². The molecule has 0 saturated carbocycles. The van der Waals surface area contributed by atoms with Crippen LogP contribution in [-0.4, -0.2) is 55.9 Å². The van der Waals surface area contributed by atoms with E-state index in [0.717, 1.165) is 24.2 Å². The molecular weight excluding hydrogens is 381 g/mol. The Hall–Kier alpha value is -1.61. The summed E-state index contributed by atoms with van der Waals surface area (Å²) in [4.78, 5) is 13.0. The van der Waals surface area contributed by atoms with Gasteiger partial charge in [-0.25, -0.2) is 8.42 Å². The molecule has 1 fully saturated rings. The third-order valence-electron chi connectivity index (χ3n) is 4.61. The van der Waals surface area contributed by atoms with E-state index in [2.05, 4.69) is 0 Å². The van der Waals surface area contributed by atoms with E-state index in [-0.39, 0.29) is 24.3 Å². The van der Waals surface area contributed by atoms with Crippen LogP contribution in [0, 0.1) is 0 Å². The van der Waals surface area contributed by atoms with E-state index < -0.39 is 28.7 Å². The number of amides is 1. The van der Waals surface area contributed by atoms with Crippen LogP contribution >= 0.6 is 0 Å². The summed E-state index contributed by atoms with van der Waals surface area (Å²) in [5.74, 6) is -0.570. The van der Waals surface area contributed by atoms with E-state index in [1.54, 1.807) is 12.1 Å². The van der Waals surface area contributed by atoms with Gasteiger partial charge in [-0.2, -0.15) is 17.5 Å². The molecule has 0 aromatic heterocycles. The minimum atomic E-state index is -4.42. The van der Waals surface area contributed by atoms with Crippen LogP contribution < -0.4 is 0 Å². The third-order valence-corrected chi connectivity index (χ3v) is 6.52. The van der Waals surface area contributed by atoms with Gasteiger partial charge in [0.2, 0.25) is 15.9 Å². The van der Waals surface area contributed by atoms with Crippen LogP contribution in [0.4, 0.5) is 13.2 Å². The van der Waals surface area contributed by atoms with Gasteiger partial charge in [-0.3, -0.25) is 4.79 Å². The molecule has 0 N–H and O–H groups in total. The van der Waals surface area contributed by atoms with Crippen LogP contribution in [0.5, 0.6) is 0 Å². The summed E-state index contributed by atoms with van der Waals surface area (Å²) >= 11 is 0. The van der Waals surface area contributed by atoms with Gasteiger partial charge in [0.15, 0.2) is 0 Å². The molecule has 1 amide bonds. The predicted molar refractivity (Wildman–Crippen MR) is 95.7 cm³/mol. The van der Waals surface area contributed by atoms with Gasteiger partial charge < -0.3 is 4.90 Å². The minimum Gasteiger partial charge on any atom is -0.334 e. The fraction of sp³-hybridized carbons (Fsp3) is 0.611. The summed E-state index contributed by atoms with van der Waals surface area (Å²) in [6.45, 7) is 1.28. The summed E-state index contributed by atoms with van der Waals surface area (Å²) in [6.07, 6.45) is -1.48. The highest BCUT2D eigenvalue weighted by Gasteiger charge is 2.32. The SMILES string of the molecule is CCN(CC(F)(F)F)C(=O)CCc1ccc(S(=O)(=O)N2CCCCC2)cc1. The van der Waals surface area contributed by atoms with E-state index in [0.29, 0.717) is 18.7 Å². The minimum absolute atomic E-state index is 0.00857. The van der Waals surface area contributed by atoms with Crippen molar-refractivity contribution in [3.63, 3.8) is 0 Å². The first-order valence-electron chi connectivity index (χ1n) is 9.07. The van der Waals surface area contributed by atoms with Gasteiger partial charge in [-0.1, -0.05) is 18.6 Å². The van der Waals surface area contributed by atoms with Crippen molar-refractivity contribution in [3.8, 4) is 0 Å². The molecule has 1 aromatic carbocycles. The predicted octanol–water partition coefficient (Wildman–Crippen LogP) is 3.20. The molecule has 1 aliphatic heterocycles. The number of nitrogens with zero attached hydrogens (tertiary/aromatic N) is 2. The van der Waals surface area contributed by atoms with Crippen LogP contribution in [0.3, 0.4) is 0 Å². The fourth-order valence-corrected chi connectivity index (χ4v) is 4.60. The van der Waals surface area contributed by atoms with Gasteiger partial charge in [0.1, 0.15) is 6.54 Å².